The Hall–Kier alpha value is -0.903. The maximum absolute atomic E-state index is 10.3. The second-order valence-corrected chi connectivity index (χ2v) is 12.6. The molecule has 0 radical (unpaired) electrons. The molecule has 1 aromatic rings. The molecule has 0 saturated carbocycles. The van der Waals surface area contributed by atoms with Crippen molar-refractivity contribution in [1.29, 1.82) is 0 Å². The highest BCUT2D eigenvalue weighted by Crippen LogP contribution is 2.44. The van der Waals surface area contributed by atoms with E-state index in [4.69, 9.17) is 4.43 Å². The molecule has 122 valence electrons. The Bertz CT molecular complexity index is 543. The molecule has 1 aliphatic rings. The number of fused-ring (bicyclic) bond motifs is 1. The molecule has 3 heteroatoms. The minimum Gasteiger partial charge on any atom is -0.410 e. The first-order chi connectivity index (χ1) is 10.2. The van der Waals surface area contributed by atoms with Crippen LogP contribution in [0.25, 0.3) is 0 Å². The minimum absolute atomic E-state index is 0.187. The largest absolute Gasteiger partial charge is 0.410 e. The molecule has 0 spiro atoms. The van der Waals surface area contributed by atoms with Crippen molar-refractivity contribution in [2.24, 2.45) is 0 Å². The smallest absolute Gasteiger partial charge is 0.192 e. The molecule has 0 saturated heterocycles. The summed E-state index contributed by atoms with van der Waals surface area (Å²) in [7, 11) is -1.78. The summed E-state index contributed by atoms with van der Waals surface area (Å²) in [6.45, 7) is 15.2. The van der Waals surface area contributed by atoms with E-state index >= 15 is 0 Å². The third kappa shape index (κ3) is 3.37. The SMILES string of the molecule is C=CCC(O)c1cccc2c1CCC2O[Si](C)(C)C(C)(C)C. The Kier molecular flexibility index (Phi) is 5.00. The van der Waals surface area contributed by atoms with Gasteiger partial charge in [-0.2, -0.15) is 0 Å². The van der Waals surface area contributed by atoms with Crippen molar-refractivity contribution in [1.82, 2.24) is 0 Å². The van der Waals surface area contributed by atoms with E-state index in [2.05, 4.69) is 46.5 Å². The van der Waals surface area contributed by atoms with Gasteiger partial charge in [-0.25, -0.2) is 0 Å². The molecule has 2 unspecified atom stereocenters. The van der Waals surface area contributed by atoms with E-state index < -0.39 is 14.4 Å². The second kappa shape index (κ2) is 6.30. The summed E-state index contributed by atoms with van der Waals surface area (Å²) in [6.07, 6.45) is 4.15. The zero-order chi connectivity index (χ0) is 16.5. The average Bonchev–Trinajstić information content (AvgIpc) is 2.80. The lowest BCUT2D eigenvalue weighted by Gasteiger charge is -2.38. The Balaban J connectivity index is 2.27. The first-order valence-corrected chi connectivity index (χ1v) is 11.2. The monoisotopic (exact) mass is 318 g/mol. The molecule has 0 heterocycles. The van der Waals surface area contributed by atoms with Gasteiger partial charge in [-0.3, -0.25) is 0 Å². The van der Waals surface area contributed by atoms with E-state index in [0.29, 0.717) is 6.42 Å². The van der Waals surface area contributed by atoms with Crippen molar-refractivity contribution < 1.29 is 9.53 Å². The standard InChI is InChI=1S/C19H30O2Si/c1-7-9-17(20)15-10-8-11-16-14(15)12-13-18(16)21-22(5,6)19(2,3)4/h7-8,10-11,17-18,20H,1,9,12-13H2,2-6H3. The maximum Gasteiger partial charge on any atom is 0.192 e. The van der Waals surface area contributed by atoms with Crippen LogP contribution >= 0.6 is 0 Å². The third-order valence-corrected chi connectivity index (χ3v) is 9.73. The van der Waals surface area contributed by atoms with E-state index in [1.54, 1.807) is 6.08 Å². The van der Waals surface area contributed by atoms with Crippen LogP contribution in [0.3, 0.4) is 0 Å². The van der Waals surface area contributed by atoms with Gasteiger partial charge in [0, 0.05) is 0 Å². The van der Waals surface area contributed by atoms with Gasteiger partial charge in [0.25, 0.3) is 0 Å². The van der Waals surface area contributed by atoms with E-state index in [1.807, 2.05) is 12.1 Å². The first-order valence-electron chi connectivity index (χ1n) is 8.26. The van der Waals surface area contributed by atoms with Gasteiger partial charge in [0.15, 0.2) is 8.32 Å². The van der Waals surface area contributed by atoms with Gasteiger partial charge in [0.1, 0.15) is 0 Å². The molecule has 2 atom stereocenters. The van der Waals surface area contributed by atoms with Gasteiger partial charge in [-0.05, 0) is 54.1 Å². The van der Waals surface area contributed by atoms with Crippen LogP contribution in [0.2, 0.25) is 18.1 Å². The highest BCUT2D eigenvalue weighted by molar-refractivity contribution is 6.74. The van der Waals surface area contributed by atoms with Gasteiger partial charge >= 0.3 is 0 Å². The summed E-state index contributed by atoms with van der Waals surface area (Å²) in [5.41, 5.74) is 3.63. The fourth-order valence-corrected chi connectivity index (χ4v) is 4.21. The zero-order valence-electron chi connectivity index (χ0n) is 14.6. The molecule has 0 aromatic heterocycles. The summed E-state index contributed by atoms with van der Waals surface area (Å²) in [6, 6.07) is 6.26. The van der Waals surface area contributed by atoms with Gasteiger partial charge < -0.3 is 9.53 Å². The van der Waals surface area contributed by atoms with E-state index in [1.165, 1.54) is 11.1 Å². The van der Waals surface area contributed by atoms with Crippen LogP contribution in [0, 0.1) is 0 Å². The van der Waals surface area contributed by atoms with Crippen LogP contribution in [-0.2, 0) is 10.8 Å². The van der Waals surface area contributed by atoms with Crippen molar-refractivity contribution in [3.63, 3.8) is 0 Å². The van der Waals surface area contributed by atoms with E-state index in [9.17, 15) is 5.11 Å². The topological polar surface area (TPSA) is 29.5 Å². The van der Waals surface area contributed by atoms with Gasteiger partial charge in [-0.1, -0.05) is 45.0 Å². The lowest BCUT2D eigenvalue weighted by Crippen LogP contribution is -2.41. The van der Waals surface area contributed by atoms with Crippen molar-refractivity contribution in [3.8, 4) is 0 Å². The van der Waals surface area contributed by atoms with Crippen molar-refractivity contribution >= 4 is 8.32 Å². The number of hydrogen-bond donors (Lipinski definition) is 1. The summed E-state index contributed by atoms with van der Waals surface area (Å²) >= 11 is 0. The Morgan fingerprint density at radius 2 is 2.09 bits per heavy atom. The van der Waals surface area contributed by atoms with Crippen LogP contribution in [-0.4, -0.2) is 13.4 Å². The number of aliphatic hydroxyl groups is 1. The van der Waals surface area contributed by atoms with E-state index in [-0.39, 0.29) is 11.1 Å². The van der Waals surface area contributed by atoms with Crippen LogP contribution in [0.1, 0.15) is 62.5 Å². The first kappa shape index (κ1) is 17.5. The van der Waals surface area contributed by atoms with Crippen molar-refractivity contribution in [3.05, 3.63) is 47.5 Å². The number of benzene rings is 1. The molecule has 2 nitrogen and oxygen atoms in total. The van der Waals surface area contributed by atoms with Gasteiger partial charge in [-0.15, -0.1) is 6.58 Å². The fraction of sp³-hybridized carbons (Fsp3) is 0.579. The molecule has 1 N–H and O–H groups in total. The number of rotatable bonds is 5. The van der Waals surface area contributed by atoms with Crippen molar-refractivity contribution in [2.75, 3.05) is 0 Å². The summed E-state index contributed by atoms with van der Waals surface area (Å²) in [5, 5.41) is 10.5. The summed E-state index contributed by atoms with van der Waals surface area (Å²) in [5.74, 6) is 0. The number of hydrogen-bond acceptors (Lipinski definition) is 2. The van der Waals surface area contributed by atoms with Gasteiger partial charge in [0.05, 0.1) is 12.2 Å². The Morgan fingerprint density at radius 3 is 2.68 bits per heavy atom. The van der Waals surface area contributed by atoms with Crippen molar-refractivity contribution in [2.45, 2.75) is 70.4 Å². The Morgan fingerprint density at radius 1 is 1.41 bits per heavy atom. The van der Waals surface area contributed by atoms with E-state index in [0.717, 1.165) is 18.4 Å². The molecule has 0 fully saturated rings. The normalized spacial score (nSPS) is 19.8. The zero-order valence-corrected chi connectivity index (χ0v) is 15.6. The predicted octanol–water partition coefficient (Wildman–Crippen LogP) is 5.31. The second-order valence-electron chi connectivity index (χ2n) is 7.86. The molecule has 1 aliphatic carbocycles. The molecule has 0 bridgehead atoms. The maximum atomic E-state index is 10.3. The summed E-state index contributed by atoms with van der Waals surface area (Å²) in [4.78, 5) is 0. The minimum atomic E-state index is -1.78. The van der Waals surface area contributed by atoms with Gasteiger partial charge in [0.2, 0.25) is 0 Å². The molecule has 0 amide bonds. The lowest BCUT2D eigenvalue weighted by atomic mass is 9.97. The van der Waals surface area contributed by atoms with Crippen LogP contribution < -0.4 is 0 Å². The highest BCUT2D eigenvalue weighted by atomic mass is 28.4. The Labute approximate surface area is 136 Å². The third-order valence-electron chi connectivity index (χ3n) is 5.24. The molecular weight excluding hydrogens is 288 g/mol. The molecular formula is C19H30O2Si. The van der Waals surface area contributed by atoms with Crippen LogP contribution in [0.15, 0.2) is 30.9 Å². The van der Waals surface area contributed by atoms with Crippen LogP contribution in [0.4, 0.5) is 0 Å². The molecule has 22 heavy (non-hydrogen) atoms. The molecule has 0 aliphatic heterocycles. The lowest BCUT2D eigenvalue weighted by molar-refractivity contribution is 0.180. The highest BCUT2D eigenvalue weighted by Gasteiger charge is 2.41. The predicted molar refractivity (Wildman–Crippen MR) is 95.6 cm³/mol. The quantitative estimate of drug-likeness (QED) is 0.589. The number of aliphatic hydroxyl groups excluding tert-OH is 1. The molecule has 1 aromatic carbocycles. The summed E-state index contributed by atoms with van der Waals surface area (Å²) < 4.78 is 6.62. The van der Waals surface area contributed by atoms with Crippen LogP contribution in [0.5, 0.6) is 0 Å². The fourth-order valence-electron chi connectivity index (χ4n) is 2.90. The molecule has 2 rings (SSSR count). The average molecular weight is 319 g/mol.